The van der Waals surface area contributed by atoms with Crippen molar-refractivity contribution in [3.63, 3.8) is 0 Å². The molecule has 0 radical (unpaired) electrons. The topological polar surface area (TPSA) is 12.5 Å². The zero-order valence-electron chi connectivity index (χ0n) is 10.1. The van der Waals surface area contributed by atoms with Gasteiger partial charge in [-0.05, 0) is 26.0 Å². The van der Waals surface area contributed by atoms with Crippen LogP contribution in [0.3, 0.4) is 0 Å². The maximum absolute atomic E-state index is 5.85. The van der Waals surface area contributed by atoms with Gasteiger partial charge in [0.2, 0.25) is 0 Å². The van der Waals surface area contributed by atoms with Crippen LogP contribution in [0.2, 0.25) is 0 Å². The number of hydrogen-bond donors (Lipinski definition) is 0. The van der Waals surface area contributed by atoms with Crippen molar-refractivity contribution in [3.05, 3.63) is 11.3 Å². The quantitative estimate of drug-likeness (QED) is 0.675. The second-order valence-electron chi connectivity index (χ2n) is 4.40. The Morgan fingerprint density at radius 3 is 2.64 bits per heavy atom. The molecule has 0 aromatic heterocycles. The molecule has 2 heteroatoms. The first kappa shape index (κ1) is 11.6. The summed E-state index contributed by atoms with van der Waals surface area (Å²) >= 11 is 0. The lowest BCUT2D eigenvalue weighted by Gasteiger charge is -2.24. The standard InChI is InChI=1S/C12H23NO/c1-6-11-10(4)13(5)7-8-14-12(11)9(2)3/h9-10H,6-8H2,1-5H3. The van der Waals surface area contributed by atoms with Gasteiger partial charge in [-0.25, -0.2) is 0 Å². The van der Waals surface area contributed by atoms with Crippen LogP contribution in [0, 0.1) is 5.92 Å². The molecule has 0 fully saturated rings. The van der Waals surface area contributed by atoms with Crippen molar-refractivity contribution in [2.75, 3.05) is 20.2 Å². The monoisotopic (exact) mass is 197 g/mol. The summed E-state index contributed by atoms with van der Waals surface area (Å²) in [5.74, 6) is 1.74. The zero-order valence-corrected chi connectivity index (χ0v) is 10.1. The zero-order chi connectivity index (χ0) is 10.7. The van der Waals surface area contributed by atoms with Crippen LogP contribution in [-0.2, 0) is 4.74 Å². The highest BCUT2D eigenvalue weighted by Crippen LogP contribution is 2.26. The molecule has 0 spiro atoms. The summed E-state index contributed by atoms with van der Waals surface area (Å²) in [6.45, 7) is 10.8. The molecule has 0 N–H and O–H groups in total. The molecule has 1 aliphatic rings. The molecule has 14 heavy (non-hydrogen) atoms. The lowest BCUT2D eigenvalue weighted by atomic mass is 9.98. The van der Waals surface area contributed by atoms with E-state index < -0.39 is 0 Å². The van der Waals surface area contributed by atoms with Crippen molar-refractivity contribution < 1.29 is 4.74 Å². The Kier molecular flexibility index (Phi) is 3.99. The van der Waals surface area contributed by atoms with Crippen LogP contribution in [0.1, 0.15) is 34.1 Å². The average Bonchev–Trinajstić information content (AvgIpc) is 2.27. The fourth-order valence-corrected chi connectivity index (χ4v) is 2.06. The number of nitrogens with zero attached hydrogens (tertiary/aromatic N) is 1. The van der Waals surface area contributed by atoms with Crippen LogP contribution in [0.15, 0.2) is 11.3 Å². The third-order valence-corrected chi connectivity index (χ3v) is 3.09. The van der Waals surface area contributed by atoms with Gasteiger partial charge in [-0.2, -0.15) is 0 Å². The largest absolute Gasteiger partial charge is 0.496 e. The second-order valence-corrected chi connectivity index (χ2v) is 4.40. The molecule has 1 rings (SSSR count). The Morgan fingerprint density at radius 1 is 1.50 bits per heavy atom. The van der Waals surface area contributed by atoms with E-state index in [-0.39, 0.29) is 0 Å². The fourth-order valence-electron chi connectivity index (χ4n) is 2.06. The number of likely N-dealkylation sites (N-methyl/N-ethyl adjacent to an activating group) is 1. The van der Waals surface area contributed by atoms with Crippen molar-refractivity contribution in [1.82, 2.24) is 4.90 Å². The van der Waals surface area contributed by atoms with Gasteiger partial charge in [0.1, 0.15) is 6.61 Å². The summed E-state index contributed by atoms with van der Waals surface area (Å²) in [5, 5.41) is 0. The summed E-state index contributed by atoms with van der Waals surface area (Å²) in [6.07, 6.45) is 1.10. The highest BCUT2D eigenvalue weighted by molar-refractivity contribution is 5.17. The molecule has 1 atom stereocenters. The Morgan fingerprint density at radius 2 is 2.14 bits per heavy atom. The normalized spacial score (nSPS) is 25.1. The van der Waals surface area contributed by atoms with Crippen molar-refractivity contribution >= 4 is 0 Å². The first-order valence-electron chi connectivity index (χ1n) is 5.63. The van der Waals surface area contributed by atoms with Gasteiger partial charge >= 0.3 is 0 Å². The predicted octanol–water partition coefficient (Wildman–Crippen LogP) is 2.66. The minimum atomic E-state index is 0.513. The Bertz CT molecular complexity index is 220. The minimum absolute atomic E-state index is 0.513. The van der Waals surface area contributed by atoms with Crippen LogP contribution >= 0.6 is 0 Å². The van der Waals surface area contributed by atoms with Gasteiger partial charge in [-0.15, -0.1) is 0 Å². The van der Waals surface area contributed by atoms with E-state index in [1.165, 1.54) is 11.3 Å². The predicted molar refractivity (Wildman–Crippen MR) is 60.2 cm³/mol. The van der Waals surface area contributed by atoms with Crippen LogP contribution < -0.4 is 0 Å². The number of hydrogen-bond acceptors (Lipinski definition) is 2. The molecule has 82 valence electrons. The SMILES string of the molecule is CCC1=C(C(C)C)OCCN(C)C1C. The van der Waals surface area contributed by atoms with Gasteiger partial charge in [-0.1, -0.05) is 20.8 Å². The van der Waals surface area contributed by atoms with Gasteiger partial charge in [0.15, 0.2) is 0 Å². The van der Waals surface area contributed by atoms with Gasteiger partial charge in [-0.3, -0.25) is 4.90 Å². The molecule has 1 heterocycles. The lowest BCUT2D eigenvalue weighted by molar-refractivity contribution is 0.167. The minimum Gasteiger partial charge on any atom is -0.496 e. The third kappa shape index (κ3) is 2.30. The van der Waals surface area contributed by atoms with Crippen molar-refractivity contribution in [3.8, 4) is 0 Å². The van der Waals surface area contributed by atoms with Crippen molar-refractivity contribution in [1.29, 1.82) is 0 Å². The van der Waals surface area contributed by atoms with E-state index >= 15 is 0 Å². The van der Waals surface area contributed by atoms with E-state index in [9.17, 15) is 0 Å². The van der Waals surface area contributed by atoms with Crippen LogP contribution in [0.4, 0.5) is 0 Å². The van der Waals surface area contributed by atoms with Gasteiger partial charge in [0, 0.05) is 18.5 Å². The summed E-state index contributed by atoms with van der Waals surface area (Å²) in [6, 6.07) is 0.528. The van der Waals surface area contributed by atoms with E-state index in [0.717, 1.165) is 19.6 Å². The molecule has 2 nitrogen and oxygen atoms in total. The summed E-state index contributed by atoms with van der Waals surface area (Å²) in [7, 11) is 2.17. The van der Waals surface area contributed by atoms with Crippen LogP contribution in [0.5, 0.6) is 0 Å². The highest BCUT2D eigenvalue weighted by Gasteiger charge is 2.22. The molecular weight excluding hydrogens is 174 g/mol. The summed E-state index contributed by atoms with van der Waals surface area (Å²) < 4.78 is 5.85. The smallest absolute Gasteiger partial charge is 0.100 e. The molecule has 0 aromatic carbocycles. The second kappa shape index (κ2) is 4.83. The molecule has 0 bridgehead atoms. The molecule has 0 aliphatic carbocycles. The van der Waals surface area contributed by atoms with Crippen molar-refractivity contribution in [2.24, 2.45) is 5.92 Å². The van der Waals surface area contributed by atoms with Crippen LogP contribution in [-0.4, -0.2) is 31.1 Å². The van der Waals surface area contributed by atoms with Gasteiger partial charge < -0.3 is 4.74 Å². The molecule has 0 amide bonds. The molecule has 1 aliphatic heterocycles. The van der Waals surface area contributed by atoms with Gasteiger partial charge in [0.25, 0.3) is 0 Å². The molecule has 0 saturated carbocycles. The van der Waals surface area contributed by atoms with E-state index in [1.807, 2.05) is 0 Å². The maximum atomic E-state index is 5.85. The fraction of sp³-hybridized carbons (Fsp3) is 0.833. The average molecular weight is 197 g/mol. The summed E-state index contributed by atoms with van der Waals surface area (Å²) in [5.41, 5.74) is 1.47. The highest BCUT2D eigenvalue weighted by atomic mass is 16.5. The van der Waals surface area contributed by atoms with E-state index in [0.29, 0.717) is 12.0 Å². The number of ether oxygens (including phenoxy) is 1. The molecule has 0 aromatic rings. The first-order valence-corrected chi connectivity index (χ1v) is 5.63. The Labute approximate surface area is 87.9 Å². The first-order chi connectivity index (χ1) is 6.57. The maximum Gasteiger partial charge on any atom is 0.100 e. The van der Waals surface area contributed by atoms with Gasteiger partial charge in [0.05, 0.1) is 5.76 Å². The lowest BCUT2D eigenvalue weighted by Crippen LogP contribution is -2.31. The van der Waals surface area contributed by atoms with E-state index in [4.69, 9.17) is 4.74 Å². The van der Waals surface area contributed by atoms with Crippen molar-refractivity contribution in [2.45, 2.75) is 40.2 Å². The number of allylic oxidation sites excluding steroid dienone is 1. The van der Waals surface area contributed by atoms with Crippen LogP contribution in [0.25, 0.3) is 0 Å². The van der Waals surface area contributed by atoms with E-state index in [1.54, 1.807) is 0 Å². The van der Waals surface area contributed by atoms with E-state index in [2.05, 4.69) is 39.6 Å². The summed E-state index contributed by atoms with van der Waals surface area (Å²) in [4.78, 5) is 2.37. The molecule has 0 saturated heterocycles. The third-order valence-electron chi connectivity index (χ3n) is 3.09. The number of rotatable bonds is 2. The molecular formula is C12H23NO. The molecule has 1 unspecified atom stereocenters. The Hall–Kier alpha value is -0.500. The Balaban J connectivity index is 2.97.